The monoisotopic (exact) mass is 514 g/mol. The highest BCUT2D eigenvalue weighted by atomic mass is 127. The van der Waals surface area contributed by atoms with Crippen molar-refractivity contribution in [2.75, 3.05) is 13.2 Å². The topological polar surface area (TPSA) is 102 Å². The molecule has 0 fully saturated rings. The Balaban J connectivity index is 0.00000420. The number of nitrogens with zero attached hydrogens (tertiary/aromatic N) is 1. The smallest absolute Gasteiger partial charge is 0.284 e. The lowest BCUT2D eigenvalue weighted by molar-refractivity contribution is 0.0972. The van der Waals surface area contributed by atoms with Crippen LogP contribution in [-0.4, -0.2) is 25.0 Å². The fraction of sp³-hybridized carbons (Fsp3) is 0.429. The summed E-state index contributed by atoms with van der Waals surface area (Å²) in [6.45, 7) is 10.0. The van der Waals surface area contributed by atoms with E-state index in [0.717, 1.165) is 17.9 Å². The minimum atomic E-state index is -0.588. The van der Waals surface area contributed by atoms with Gasteiger partial charge in [-0.25, -0.2) is 4.99 Å². The largest absolute Gasteiger partial charge is 0.493 e. The van der Waals surface area contributed by atoms with E-state index < -0.39 is 5.91 Å². The number of primary amides is 1. The van der Waals surface area contributed by atoms with Crippen molar-refractivity contribution in [3.05, 3.63) is 53.5 Å². The average molecular weight is 514 g/mol. The number of halogens is 1. The van der Waals surface area contributed by atoms with Crippen LogP contribution >= 0.6 is 24.0 Å². The van der Waals surface area contributed by atoms with Gasteiger partial charge in [0.05, 0.1) is 12.6 Å². The minimum Gasteiger partial charge on any atom is -0.493 e. The second kappa shape index (κ2) is 12.4. The van der Waals surface area contributed by atoms with Crippen molar-refractivity contribution in [2.24, 2.45) is 16.6 Å². The van der Waals surface area contributed by atoms with Crippen LogP contribution in [-0.2, 0) is 6.54 Å². The van der Waals surface area contributed by atoms with Gasteiger partial charge in [-0.1, -0.05) is 26.0 Å². The van der Waals surface area contributed by atoms with Crippen LogP contribution in [0.1, 0.15) is 55.6 Å². The van der Waals surface area contributed by atoms with Crippen LogP contribution in [0.15, 0.2) is 45.8 Å². The summed E-state index contributed by atoms with van der Waals surface area (Å²) in [7, 11) is 0. The van der Waals surface area contributed by atoms with Gasteiger partial charge in [0.2, 0.25) is 0 Å². The molecule has 1 atom stereocenters. The Morgan fingerprint density at radius 3 is 2.41 bits per heavy atom. The van der Waals surface area contributed by atoms with Gasteiger partial charge in [-0.3, -0.25) is 4.79 Å². The van der Waals surface area contributed by atoms with E-state index in [2.05, 4.69) is 36.4 Å². The zero-order valence-electron chi connectivity index (χ0n) is 17.4. The van der Waals surface area contributed by atoms with Crippen LogP contribution in [0.3, 0.4) is 0 Å². The predicted molar refractivity (Wildman–Crippen MR) is 126 cm³/mol. The number of carbonyl (C=O) groups excluding carboxylic acids is 1. The van der Waals surface area contributed by atoms with Crippen LogP contribution in [0.2, 0.25) is 0 Å². The zero-order chi connectivity index (χ0) is 20.5. The van der Waals surface area contributed by atoms with Gasteiger partial charge in [-0.2, -0.15) is 0 Å². The third-order valence-electron chi connectivity index (χ3n) is 3.96. The molecule has 1 unspecified atom stereocenters. The van der Waals surface area contributed by atoms with Gasteiger partial charge in [0, 0.05) is 6.54 Å². The molecule has 0 aliphatic heterocycles. The summed E-state index contributed by atoms with van der Waals surface area (Å²) in [5.41, 5.74) is 6.32. The lowest BCUT2D eigenvalue weighted by Gasteiger charge is -2.18. The van der Waals surface area contributed by atoms with E-state index in [1.807, 2.05) is 31.2 Å². The highest BCUT2D eigenvalue weighted by Gasteiger charge is 2.10. The Morgan fingerprint density at radius 2 is 1.86 bits per heavy atom. The van der Waals surface area contributed by atoms with Crippen LogP contribution in [0.4, 0.5) is 0 Å². The number of furan rings is 1. The molecule has 1 aromatic carbocycles. The van der Waals surface area contributed by atoms with Crippen molar-refractivity contribution >= 4 is 35.8 Å². The number of benzene rings is 1. The van der Waals surface area contributed by atoms with Crippen LogP contribution in [0.5, 0.6) is 5.75 Å². The second-order valence-electron chi connectivity index (χ2n) is 6.97. The Kier molecular flexibility index (Phi) is 10.6. The fourth-order valence-corrected chi connectivity index (χ4v) is 2.48. The number of guanidine groups is 1. The van der Waals surface area contributed by atoms with Crippen molar-refractivity contribution in [2.45, 2.75) is 40.3 Å². The number of nitrogens with one attached hydrogen (secondary N) is 2. The Bertz CT molecular complexity index is 787. The Labute approximate surface area is 189 Å². The molecule has 0 radical (unpaired) electrons. The van der Waals surface area contributed by atoms with Crippen molar-refractivity contribution in [1.82, 2.24) is 10.6 Å². The van der Waals surface area contributed by atoms with Crippen molar-refractivity contribution in [3.8, 4) is 5.75 Å². The minimum absolute atomic E-state index is 0. The van der Waals surface area contributed by atoms with Gasteiger partial charge in [-0.15, -0.1) is 24.0 Å². The van der Waals surface area contributed by atoms with Crippen molar-refractivity contribution < 1.29 is 13.9 Å². The molecule has 8 heteroatoms. The van der Waals surface area contributed by atoms with Crippen LogP contribution in [0.25, 0.3) is 0 Å². The van der Waals surface area contributed by atoms with Gasteiger partial charge in [0.15, 0.2) is 11.7 Å². The standard InChI is InChI=1S/C21H30N4O3.HI/c1-5-23-21(24-12-18-10-11-19(28-18)20(22)26)25-15(4)16-6-8-17(9-7-16)27-13-14(2)3;/h6-11,14-15H,5,12-13H2,1-4H3,(H2,22,26)(H2,23,24,25);1H. The molecular formula is C21H31IN4O3. The number of carbonyl (C=O) groups is 1. The highest BCUT2D eigenvalue weighted by Crippen LogP contribution is 2.18. The lowest BCUT2D eigenvalue weighted by Crippen LogP contribution is -2.38. The predicted octanol–water partition coefficient (Wildman–Crippen LogP) is 3.85. The van der Waals surface area contributed by atoms with E-state index in [0.29, 0.717) is 30.8 Å². The summed E-state index contributed by atoms with van der Waals surface area (Å²) < 4.78 is 11.1. The Morgan fingerprint density at radius 1 is 1.17 bits per heavy atom. The number of amides is 1. The maximum absolute atomic E-state index is 11.1. The molecule has 1 amide bonds. The van der Waals surface area contributed by atoms with E-state index in [9.17, 15) is 4.79 Å². The molecule has 160 valence electrons. The maximum atomic E-state index is 11.1. The number of nitrogens with two attached hydrogens (primary N) is 1. The van der Waals surface area contributed by atoms with Crippen molar-refractivity contribution in [3.63, 3.8) is 0 Å². The molecule has 2 rings (SSSR count). The van der Waals surface area contributed by atoms with Crippen LogP contribution < -0.4 is 21.1 Å². The summed E-state index contributed by atoms with van der Waals surface area (Å²) >= 11 is 0. The molecule has 0 saturated carbocycles. The molecule has 4 N–H and O–H groups in total. The van der Waals surface area contributed by atoms with E-state index in [1.165, 1.54) is 0 Å². The fourth-order valence-electron chi connectivity index (χ4n) is 2.48. The van der Waals surface area contributed by atoms with E-state index in [1.54, 1.807) is 12.1 Å². The third kappa shape index (κ3) is 8.35. The van der Waals surface area contributed by atoms with Gasteiger partial charge in [0.1, 0.15) is 18.1 Å². The number of aliphatic imine (C=N–C) groups is 1. The second-order valence-corrected chi connectivity index (χ2v) is 6.97. The quantitative estimate of drug-likeness (QED) is 0.268. The van der Waals surface area contributed by atoms with E-state index in [-0.39, 0.29) is 35.8 Å². The first-order valence-electron chi connectivity index (χ1n) is 9.55. The van der Waals surface area contributed by atoms with Crippen LogP contribution in [0, 0.1) is 5.92 Å². The summed E-state index contributed by atoms with van der Waals surface area (Å²) in [4.78, 5) is 15.6. The molecule has 7 nitrogen and oxygen atoms in total. The molecule has 1 heterocycles. The molecule has 0 aliphatic rings. The van der Waals surface area contributed by atoms with Gasteiger partial charge >= 0.3 is 0 Å². The number of rotatable bonds is 9. The van der Waals surface area contributed by atoms with Gasteiger partial charge in [-0.05, 0) is 49.6 Å². The van der Waals surface area contributed by atoms with Gasteiger partial charge in [0.25, 0.3) is 5.91 Å². The molecule has 0 aliphatic carbocycles. The van der Waals surface area contributed by atoms with Crippen molar-refractivity contribution in [1.29, 1.82) is 0 Å². The van der Waals surface area contributed by atoms with E-state index >= 15 is 0 Å². The molecule has 0 bridgehead atoms. The summed E-state index contributed by atoms with van der Waals surface area (Å²) in [6, 6.07) is 11.4. The number of ether oxygens (including phenoxy) is 1. The first-order valence-corrected chi connectivity index (χ1v) is 9.55. The number of hydrogen-bond donors (Lipinski definition) is 3. The normalized spacial score (nSPS) is 12.2. The molecule has 1 aromatic heterocycles. The molecule has 0 spiro atoms. The molecule has 29 heavy (non-hydrogen) atoms. The molecule has 2 aromatic rings. The third-order valence-corrected chi connectivity index (χ3v) is 3.96. The summed E-state index contributed by atoms with van der Waals surface area (Å²) in [5.74, 6) is 2.14. The maximum Gasteiger partial charge on any atom is 0.284 e. The first-order chi connectivity index (χ1) is 13.4. The Hall–Kier alpha value is -2.23. The van der Waals surface area contributed by atoms with Gasteiger partial charge < -0.3 is 25.5 Å². The molecular weight excluding hydrogens is 483 g/mol. The SMILES string of the molecule is CCNC(=NCc1ccc(C(N)=O)o1)NC(C)c1ccc(OCC(C)C)cc1.I. The summed E-state index contributed by atoms with van der Waals surface area (Å²) in [6.07, 6.45) is 0. The highest BCUT2D eigenvalue weighted by molar-refractivity contribution is 14.0. The number of hydrogen-bond acceptors (Lipinski definition) is 4. The zero-order valence-corrected chi connectivity index (χ0v) is 19.7. The first kappa shape index (κ1) is 24.8. The molecule has 0 saturated heterocycles. The lowest BCUT2D eigenvalue weighted by atomic mass is 10.1. The average Bonchev–Trinajstić information content (AvgIpc) is 3.14. The summed E-state index contributed by atoms with van der Waals surface area (Å²) in [5, 5.41) is 6.58. The van der Waals surface area contributed by atoms with E-state index in [4.69, 9.17) is 14.9 Å².